The van der Waals surface area contributed by atoms with Gasteiger partial charge in [-0.05, 0) is 86.9 Å². The Labute approximate surface area is 232 Å². The first kappa shape index (κ1) is 21.7. The van der Waals surface area contributed by atoms with Gasteiger partial charge in [0.25, 0.3) is 0 Å². The Bertz CT molecular complexity index is 2410. The van der Waals surface area contributed by atoms with Crippen LogP contribution in [-0.2, 0) is 0 Å². The molecule has 0 atom stereocenters. The first-order valence-electron chi connectivity index (χ1n) is 14.0. The van der Waals surface area contributed by atoms with Crippen molar-refractivity contribution < 1.29 is 0 Å². The van der Waals surface area contributed by atoms with Crippen molar-refractivity contribution in [3.05, 3.63) is 146 Å². The Morgan fingerprint density at radius 1 is 0.250 bits per heavy atom. The van der Waals surface area contributed by atoms with Crippen molar-refractivity contribution in [2.24, 2.45) is 0 Å². The highest BCUT2D eigenvalue weighted by molar-refractivity contribution is 6.41. The van der Waals surface area contributed by atoms with Gasteiger partial charge in [-0.2, -0.15) is 0 Å². The minimum Gasteiger partial charge on any atom is -0.0622 e. The van der Waals surface area contributed by atoms with E-state index in [-0.39, 0.29) is 0 Å². The van der Waals surface area contributed by atoms with Crippen molar-refractivity contribution in [2.45, 2.75) is 0 Å². The number of rotatable bonds is 2. The summed E-state index contributed by atoms with van der Waals surface area (Å²) < 4.78 is 0. The van der Waals surface area contributed by atoms with E-state index in [0.29, 0.717) is 0 Å². The molecule has 9 aromatic carbocycles. The predicted octanol–water partition coefficient (Wildman–Crippen LogP) is 11.4. The van der Waals surface area contributed by atoms with Crippen molar-refractivity contribution in [3.8, 4) is 22.3 Å². The van der Waals surface area contributed by atoms with E-state index in [9.17, 15) is 0 Å². The second-order valence-corrected chi connectivity index (χ2v) is 10.8. The van der Waals surface area contributed by atoms with E-state index in [1.165, 1.54) is 86.9 Å². The van der Waals surface area contributed by atoms with Gasteiger partial charge in [-0.25, -0.2) is 0 Å². The summed E-state index contributed by atoms with van der Waals surface area (Å²) >= 11 is 0. The van der Waals surface area contributed by atoms with E-state index in [1.54, 1.807) is 0 Å². The van der Waals surface area contributed by atoms with Crippen LogP contribution in [0.2, 0.25) is 0 Å². The van der Waals surface area contributed by atoms with Gasteiger partial charge in [0.05, 0.1) is 0 Å². The van der Waals surface area contributed by atoms with E-state index < -0.39 is 0 Å². The normalized spacial score (nSPS) is 12.0. The Morgan fingerprint density at radius 3 is 1.65 bits per heavy atom. The lowest BCUT2D eigenvalue weighted by atomic mass is 9.82. The fraction of sp³-hybridized carbons (Fsp3) is 0. The van der Waals surface area contributed by atoms with Crippen LogP contribution in [0.4, 0.5) is 0 Å². The molecule has 0 aliphatic carbocycles. The van der Waals surface area contributed by atoms with Gasteiger partial charge in [0.15, 0.2) is 0 Å². The minimum atomic E-state index is 1.26. The molecule has 9 aromatic rings. The number of hydrogen-bond donors (Lipinski definition) is 0. The molecule has 0 aromatic heterocycles. The van der Waals surface area contributed by atoms with Gasteiger partial charge in [-0.1, -0.05) is 146 Å². The highest BCUT2D eigenvalue weighted by Crippen LogP contribution is 2.49. The van der Waals surface area contributed by atoms with Crippen LogP contribution in [0.3, 0.4) is 0 Å². The summed E-state index contributed by atoms with van der Waals surface area (Å²) in [7, 11) is 0. The molecule has 0 heterocycles. The number of hydrogen-bond acceptors (Lipinski definition) is 0. The summed E-state index contributed by atoms with van der Waals surface area (Å²) in [5.74, 6) is 0. The van der Waals surface area contributed by atoms with Crippen molar-refractivity contribution in [2.75, 3.05) is 0 Å². The molecule has 0 saturated carbocycles. The molecule has 0 radical (unpaired) electrons. The van der Waals surface area contributed by atoms with Crippen LogP contribution in [0.15, 0.2) is 146 Å². The van der Waals surface area contributed by atoms with Crippen LogP contribution in [0.1, 0.15) is 0 Å². The summed E-state index contributed by atoms with van der Waals surface area (Å²) in [6.07, 6.45) is 0. The van der Waals surface area contributed by atoms with E-state index >= 15 is 0 Å². The highest BCUT2D eigenvalue weighted by atomic mass is 14.2. The van der Waals surface area contributed by atoms with Crippen molar-refractivity contribution >= 4 is 64.6 Å². The predicted molar refractivity (Wildman–Crippen MR) is 174 cm³/mol. The van der Waals surface area contributed by atoms with Crippen LogP contribution < -0.4 is 0 Å². The maximum atomic E-state index is 2.36. The third-order valence-electron chi connectivity index (χ3n) is 8.79. The molecule has 0 saturated heterocycles. The van der Waals surface area contributed by atoms with Gasteiger partial charge in [0, 0.05) is 0 Å². The van der Waals surface area contributed by atoms with E-state index in [2.05, 4.69) is 146 Å². The molecule has 0 heteroatoms. The average molecular weight is 505 g/mol. The number of benzene rings is 9. The van der Waals surface area contributed by atoms with Crippen LogP contribution in [-0.4, -0.2) is 0 Å². The molecule has 0 amide bonds. The molecule has 0 N–H and O–H groups in total. The molecule has 0 fully saturated rings. The van der Waals surface area contributed by atoms with Gasteiger partial charge in [0.2, 0.25) is 0 Å². The molecule has 0 aliphatic heterocycles. The van der Waals surface area contributed by atoms with Crippen LogP contribution in [0, 0.1) is 0 Å². The van der Waals surface area contributed by atoms with Gasteiger partial charge < -0.3 is 0 Å². The third-order valence-corrected chi connectivity index (χ3v) is 8.79. The molecule has 0 bridgehead atoms. The zero-order chi connectivity index (χ0) is 26.2. The lowest BCUT2D eigenvalue weighted by Crippen LogP contribution is -1.93. The molecule has 9 rings (SSSR count). The molecule has 184 valence electrons. The maximum Gasteiger partial charge on any atom is -0.00137 e. The topological polar surface area (TPSA) is 0 Å². The Kier molecular flexibility index (Phi) is 4.42. The third kappa shape index (κ3) is 2.85. The summed E-state index contributed by atoms with van der Waals surface area (Å²) in [6, 6.07) is 53.7. The monoisotopic (exact) mass is 504 g/mol. The zero-order valence-corrected chi connectivity index (χ0v) is 21.9. The molecule has 40 heavy (non-hydrogen) atoms. The Hall–Kier alpha value is -5.20. The standard InChI is InChI=1S/C40H24/c1-2-11-25(12-3-1)28-23-24-36-38-30(28)19-9-20-32(38)34-21-10-22-35-37(29-18-8-14-26-13-4-5-15-27(26)29)31-16-6-7-17-33(31)40(36)39(34)35/h1-24H. The highest BCUT2D eigenvalue weighted by Gasteiger charge is 2.21. The van der Waals surface area contributed by atoms with Crippen molar-refractivity contribution in [1.29, 1.82) is 0 Å². The molecule has 0 aliphatic rings. The molecular formula is C40H24. The smallest absolute Gasteiger partial charge is 0.00137 e. The fourth-order valence-corrected chi connectivity index (χ4v) is 7.18. The van der Waals surface area contributed by atoms with E-state index in [1.807, 2.05) is 0 Å². The first-order valence-corrected chi connectivity index (χ1v) is 14.0. The van der Waals surface area contributed by atoms with Crippen molar-refractivity contribution in [3.63, 3.8) is 0 Å². The molecule has 0 spiro atoms. The first-order chi connectivity index (χ1) is 19.9. The molecule has 0 unspecified atom stereocenters. The van der Waals surface area contributed by atoms with Gasteiger partial charge >= 0.3 is 0 Å². The number of fused-ring (bicyclic) bond motifs is 5. The van der Waals surface area contributed by atoms with Gasteiger partial charge in [-0.15, -0.1) is 0 Å². The van der Waals surface area contributed by atoms with Gasteiger partial charge in [-0.3, -0.25) is 0 Å². The van der Waals surface area contributed by atoms with E-state index in [0.717, 1.165) is 0 Å². The molecule has 0 nitrogen and oxygen atoms in total. The van der Waals surface area contributed by atoms with Crippen LogP contribution in [0.25, 0.3) is 86.9 Å². The Morgan fingerprint density at radius 2 is 0.800 bits per heavy atom. The summed E-state index contributed by atoms with van der Waals surface area (Å²) in [5.41, 5.74) is 5.16. The summed E-state index contributed by atoms with van der Waals surface area (Å²) in [4.78, 5) is 0. The average Bonchev–Trinajstić information content (AvgIpc) is 3.03. The quantitative estimate of drug-likeness (QED) is 0.162. The maximum absolute atomic E-state index is 2.36. The largest absolute Gasteiger partial charge is 0.0622 e. The Balaban J connectivity index is 1.54. The van der Waals surface area contributed by atoms with Crippen molar-refractivity contribution in [1.82, 2.24) is 0 Å². The van der Waals surface area contributed by atoms with Crippen LogP contribution in [0.5, 0.6) is 0 Å². The summed E-state index contributed by atoms with van der Waals surface area (Å²) in [6.45, 7) is 0. The SMILES string of the molecule is c1ccc(-c2ccc3c4c2cccc4c2cccc4c(-c5cccc6ccccc56)c5ccccc5c3c42)cc1. The van der Waals surface area contributed by atoms with Gasteiger partial charge in [0.1, 0.15) is 0 Å². The lowest BCUT2D eigenvalue weighted by Gasteiger charge is -2.21. The van der Waals surface area contributed by atoms with E-state index in [4.69, 9.17) is 0 Å². The molecular weight excluding hydrogens is 480 g/mol. The lowest BCUT2D eigenvalue weighted by molar-refractivity contribution is 1.67. The fourth-order valence-electron chi connectivity index (χ4n) is 7.18. The second-order valence-electron chi connectivity index (χ2n) is 10.8. The van der Waals surface area contributed by atoms with Crippen LogP contribution >= 0.6 is 0 Å². The minimum absolute atomic E-state index is 1.26. The summed E-state index contributed by atoms with van der Waals surface area (Å²) in [5, 5.41) is 15.8. The second kappa shape index (κ2) is 8.15. The zero-order valence-electron chi connectivity index (χ0n) is 21.9.